The molecule has 1 aliphatic carbocycles. The van der Waals surface area contributed by atoms with Crippen LogP contribution in [0, 0.1) is 0 Å². The van der Waals surface area contributed by atoms with E-state index < -0.39 is 17.7 Å². The number of ether oxygens (including phenoxy) is 2. The van der Waals surface area contributed by atoms with Gasteiger partial charge in [0.2, 0.25) is 0 Å². The van der Waals surface area contributed by atoms with Crippen LogP contribution in [0.2, 0.25) is 0 Å². The summed E-state index contributed by atoms with van der Waals surface area (Å²) in [4.78, 5) is 39.1. The fourth-order valence-corrected chi connectivity index (χ4v) is 5.78. The van der Waals surface area contributed by atoms with Gasteiger partial charge in [0.1, 0.15) is 12.1 Å². The molecule has 32 heavy (non-hydrogen) atoms. The summed E-state index contributed by atoms with van der Waals surface area (Å²) in [5, 5.41) is 5.10. The second-order valence-corrected chi connectivity index (χ2v) is 8.95. The van der Waals surface area contributed by atoms with E-state index in [1.807, 2.05) is 24.3 Å². The van der Waals surface area contributed by atoms with E-state index in [0.29, 0.717) is 26.1 Å². The van der Waals surface area contributed by atoms with Gasteiger partial charge in [-0.3, -0.25) is 15.0 Å². The van der Waals surface area contributed by atoms with Gasteiger partial charge in [0.15, 0.2) is 0 Å². The van der Waals surface area contributed by atoms with E-state index in [0.717, 1.165) is 11.1 Å². The number of carbonyl (C=O) groups excluding carboxylic acids is 3. The molecule has 0 aromatic heterocycles. The molecular weight excluding hydrogens is 410 g/mol. The Kier molecular flexibility index (Phi) is 4.26. The van der Waals surface area contributed by atoms with Crippen LogP contribution in [-0.4, -0.2) is 60.4 Å². The van der Waals surface area contributed by atoms with Gasteiger partial charge in [-0.1, -0.05) is 48.5 Å². The van der Waals surface area contributed by atoms with Gasteiger partial charge in [-0.05, 0) is 22.3 Å². The monoisotopic (exact) mass is 433 g/mol. The Morgan fingerprint density at radius 3 is 2.16 bits per heavy atom. The van der Waals surface area contributed by atoms with E-state index in [4.69, 9.17) is 9.47 Å². The third-order valence-electron chi connectivity index (χ3n) is 7.14. The van der Waals surface area contributed by atoms with Gasteiger partial charge in [0.05, 0.1) is 25.3 Å². The lowest BCUT2D eigenvalue weighted by atomic mass is 9.78. The fourth-order valence-electron chi connectivity index (χ4n) is 5.78. The highest BCUT2D eigenvalue weighted by Gasteiger charge is 2.56. The van der Waals surface area contributed by atoms with Gasteiger partial charge in [0.25, 0.3) is 5.91 Å². The SMILES string of the molecule is O=C1NC(=O)C2(CC3COCC(C2)N3C(=O)OCC2c3ccccc3-c3ccccc32)N1. The molecule has 8 nitrogen and oxygen atoms in total. The fraction of sp³-hybridized carbons (Fsp3) is 0.375. The topological polar surface area (TPSA) is 97.0 Å². The Bertz CT molecular complexity index is 1070. The van der Waals surface area contributed by atoms with Gasteiger partial charge in [-0.15, -0.1) is 0 Å². The molecule has 2 atom stereocenters. The normalized spacial score (nSPS) is 28.2. The maximum Gasteiger partial charge on any atom is 0.410 e. The van der Waals surface area contributed by atoms with Crippen molar-refractivity contribution >= 4 is 18.0 Å². The smallest absolute Gasteiger partial charge is 0.410 e. The summed E-state index contributed by atoms with van der Waals surface area (Å²) >= 11 is 0. The quantitative estimate of drug-likeness (QED) is 0.709. The van der Waals surface area contributed by atoms with Gasteiger partial charge in [0, 0.05) is 18.8 Å². The summed E-state index contributed by atoms with van der Waals surface area (Å²) in [6, 6.07) is 15.3. The number of morpholine rings is 1. The highest BCUT2D eigenvalue weighted by molar-refractivity contribution is 6.07. The number of hydrogen-bond acceptors (Lipinski definition) is 5. The number of fused-ring (bicyclic) bond motifs is 5. The maximum atomic E-state index is 13.2. The van der Waals surface area contributed by atoms with Crippen molar-refractivity contribution in [1.29, 1.82) is 0 Å². The summed E-state index contributed by atoms with van der Waals surface area (Å²) < 4.78 is 11.5. The summed E-state index contributed by atoms with van der Waals surface area (Å²) in [7, 11) is 0. The number of imide groups is 1. The van der Waals surface area contributed by atoms with Crippen LogP contribution in [0.5, 0.6) is 0 Å². The van der Waals surface area contributed by atoms with Gasteiger partial charge in [-0.2, -0.15) is 0 Å². The molecular formula is C24H23N3O5. The zero-order valence-corrected chi connectivity index (χ0v) is 17.4. The Morgan fingerprint density at radius 2 is 1.59 bits per heavy atom. The van der Waals surface area contributed by atoms with Crippen LogP contribution >= 0.6 is 0 Å². The van der Waals surface area contributed by atoms with Gasteiger partial charge < -0.3 is 14.8 Å². The molecule has 1 spiro atoms. The van der Waals surface area contributed by atoms with Crippen molar-refractivity contribution < 1.29 is 23.9 Å². The Balaban J connectivity index is 1.21. The average molecular weight is 433 g/mol. The molecule has 3 saturated heterocycles. The molecule has 2 bridgehead atoms. The average Bonchev–Trinajstić information content (AvgIpc) is 3.24. The molecule has 3 aliphatic heterocycles. The number of rotatable bonds is 2. The van der Waals surface area contributed by atoms with Crippen molar-refractivity contribution in [3.63, 3.8) is 0 Å². The minimum Gasteiger partial charge on any atom is -0.448 e. The third-order valence-corrected chi connectivity index (χ3v) is 7.14. The molecule has 3 fully saturated rings. The Labute approximate surface area is 184 Å². The summed E-state index contributed by atoms with van der Waals surface area (Å²) in [5.41, 5.74) is 3.70. The van der Waals surface area contributed by atoms with Crippen LogP contribution in [0.1, 0.15) is 29.9 Å². The standard InChI is InChI=1S/C24H23N3O5/c28-21-24(26-22(29)25-21)9-14-11-31-12-15(10-24)27(14)23(30)32-13-20-18-7-3-1-5-16(18)17-6-2-4-8-19(17)20/h1-8,14-15,20H,9-13H2,(H2,25,26,28,29). The zero-order valence-electron chi connectivity index (χ0n) is 17.4. The number of piperidine rings is 1. The summed E-state index contributed by atoms with van der Waals surface area (Å²) in [6.45, 7) is 0.864. The lowest BCUT2D eigenvalue weighted by molar-refractivity contribution is -0.133. The van der Waals surface area contributed by atoms with Crippen LogP contribution in [0.4, 0.5) is 9.59 Å². The molecule has 4 amide bonds. The predicted octanol–water partition coefficient (Wildman–Crippen LogP) is 2.38. The summed E-state index contributed by atoms with van der Waals surface area (Å²) in [5.74, 6) is -0.343. The van der Waals surface area contributed by atoms with Crippen molar-refractivity contribution in [2.24, 2.45) is 0 Å². The molecule has 3 heterocycles. The lowest BCUT2D eigenvalue weighted by Gasteiger charge is -2.50. The lowest BCUT2D eigenvalue weighted by Crippen LogP contribution is -2.67. The number of nitrogens with one attached hydrogen (secondary N) is 2. The first kappa shape index (κ1) is 19.3. The predicted molar refractivity (Wildman–Crippen MR) is 114 cm³/mol. The van der Waals surface area contributed by atoms with Crippen molar-refractivity contribution in [3.8, 4) is 11.1 Å². The first-order valence-corrected chi connectivity index (χ1v) is 10.9. The molecule has 164 valence electrons. The number of nitrogens with zero attached hydrogens (tertiary/aromatic N) is 1. The van der Waals surface area contributed by atoms with Crippen LogP contribution in [0.25, 0.3) is 11.1 Å². The Morgan fingerprint density at radius 1 is 1.00 bits per heavy atom. The second-order valence-electron chi connectivity index (χ2n) is 8.95. The molecule has 8 heteroatoms. The van der Waals surface area contributed by atoms with E-state index in [9.17, 15) is 14.4 Å². The van der Waals surface area contributed by atoms with Crippen LogP contribution in [0.15, 0.2) is 48.5 Å². The van der Waals surface area contributed by atoms with Gasteiger partial charge >= 0.3 is 12.1 Å². The van der Waals surface area contributed by atoms with E-state index in [2.05, 4.69) is 34.9 Å². The molecule has 0 radical (unpaired) electrons. The number of amides is 4. The third kappa shape index (κ3) is 2.82. The largest absolute Gasteiger partial charge is 0.448 e. The van der Waals surface area contributed by atoms with Crippen molar-refractivity contribution in [1.82, 2.24) is 15.5 Å². The van der Waals surface area contributed by atoms with Crippen LogP contribution in [0.3, 0.4) is 0 Å². The van der Waals surface area contributed by atoms with E-state index in [-0.39, 0.29) is 30.5 Å². The number of urea groups is 1. The number of hydrogen-bond donors (Lipinski definition) is 2. The summed E-state index contributed by atoms with van der Waals surface area (Å²) in [6.07, 6.45) is 0.223. The number of carbonyl (C=O) groups is 3. The molecule has 2 aromatic carbocycles. The van der Waals surface area contributed by atoms with E-state index in [1.165, 1.54) is 11.1 Å². The van der Waals surface area contributed by atoms with Crippen LogP contribution < -0.4 is 10.6 Å². The van der Waals surface area contributed by atoms with Crippen molar-refractivity contribution in [2.45, 2.75) is 36.4 Å². The van der Waals surface area contributed by atoms with E-state index in [1.54, 1.807) is 4.90 Å². The minimum absolute atomic E-state index is 0.0153. The highest BCUT2D eigenvalue weighted by Crippen LogP contribution is 2.45. The zero-order chi connectivity index (χ0) is 21.9. The molecule has 0 saturated carbocycles. The first-order valence-electron chi connectivity index (χ1n) is 10.9. The van der Waals surface area contributed by atoms with Gasteiger partial charge in [-0.25, -0.2) is 9.59 Å². The highest BCUT2D eigenvalue weighted by atomic mass is 16.6. The minimum atomic E-state index is -0.976. The maximum absolute atomic E-state index is 13.2. The second kappa shape index (κ2) is 7.06. The van der Waals surface area contributed by atoms with Crippen LogP contribution in [-0.2, 0) is 14.3 Å². The van der Waals surface area contributed by atoms with Crippen molar-refractivity contribution in [3.05, 3.63) is 59.7 Å². The Hall–Kier alpha value is -3.39. The number of benzene rings is 2. The van der Waals surface area contributed by atoms with Crippen molar-refractivity contribution in [2.75, 3.05) is 19.8 Å². The molecule has 4 aliphatic rings. The molecule has 2 N–H and O–H groups in total. The van der Waals surface area contributed by atoms with E-state index >= 15 is 0 Å². The molecule has 2 aromatic rings. The molecule has 6 rings (SSSR count). The first-order chi connectivity index (χ1) is 15.6. The molecule has 2 unspecified atom stereocenters.